The van der Waals surface area contributed by atoms with Crippen LogP contribution in [0.3, 0.4) is 0 Å². The van der Waals surface area contributed by atoms with Crippen molar-refractivity contribution in [3.8, 4) is 0 Å². The van der Waals surface area contributed by atoms with Crippen molar-refractivity contribution < 1.29 is 19.1 Å². The Kier molecular flexibility index (Phi) is 7.52. The molecular formula is C17H34O4Si. The number of carbonyl (C=O) groups excluding carboxylic acids is 1. The van der Waals surface area contributed by atoms with Gasteiger partial charge in [-0.05, 0) is 38.9 Å². The van der Waals surface area contributed by atoms with Crippen molar-refractivity contribution in [3.05, 3.63) is 12.7 Å². The van der Waals surface area contributed by atoms with Crippen LogP contribution in [-0.4, -0.2) is 37.2 Å². The van der Waals surface area contributed by atoms with Gasteiger partial charge in [0.25, 0.3) is 0 Å². The van der Waals surface area contributed by atoms with Crippen LogP contribution in [0.2, 0.25) is 18.1 Å². The molecule has 2 atom stereocenters. The second-order valence-corrected chi connectivity index (χ2v) is 13.1. The molecule has 0 radical (unpaired) electrons. The van der Waals surface area contributed by atoms with Crippen molar-refractivity contribution >= 4 is 14.3 Å². The van der Waals surface area contributed by atoms with Gasteiger partial charge in [-0.25, -0.2) is 0 Å². The first-order valence-corrected chi connectivity index (χ1v) is 10.8. The SMILES string of the molecule is C=CC(O)CC(CC(=O)OC(C)(C)C)O[Si](C)(C)C(C)(C)C. The highest BCUT2D eigenvalue weighted by molar-refractivity contribution is 6.74. The molecule has 2 unspecified atom stereocenters. The van der Waals surface area contributed by atoms with Crippen LogP contribution in [0.5, 0.6) is 0 Å². The lowest BCUT2D eigenvalue weighted by Gasteiger charge is -2.39. The number of carbonyl (C=O) groups is 1. The summed E-state index contributed by atoms with van der Waals surface area (Å²) in [5, 5.41) is 9.88. The van der Waals surface area contributed by atoms with Gasteiger partial charge in [0, 0.05) is 6.42 Å². The summed E-state index contributed by atoms with van der Waals surface area (Å²) in [4.78, 5) is 12.1. The minimum Gasteiger partial charge on any atom is -0.460 e. The van der Waals surface area contributed by atoms with E-state index >= 15 is 0 Å². The van der Waals surface area contributed by atoms with Crippen LogP contribution in [0.1, 0.15) is 54.4 Å². The third kappa shape index (κ3) is 8.10. The number of esters is 1. The molecule has 0 spiro atoms. The molecule has 4 nitrogen and oxygen atoms in total. The average molecular weight is 331 g/mol. The molecule has 22 heavy (non-hydrogen) atoms. The van der Waals surface area contributed by atoms with Crippen LogP contribution in [0.15, 0.2) is 12.7 Å². The standard InChI is InChI=1S/C17H34O4Si/c1-10-13(18)11-14(12-15(19)20-16(2,3)4)21-22(8,9)17(5,6)7/h10,13-14,18H,1,11-12H2,2-9H3. The van der Waals surface area contributed by atoms with E-state index in [9.17, 15) is 9.90 Å². The Morgan fingerprint density at radius 1 is 1.23 bits per heavy atom. The fourth-order valence-electron chi connectivity index (χ4n) is 1.70. The third-order valence-corrected chi connectivity index (χ3v) is 8.39. The molecule has 0 saturated heterocycles. The van der Waals surface area contributed by atoms with Crippen molar-refractivity contribution in [1.82, 2.24) is 0 Å². The van der Waals surface area contributed by atoms with Gasteiger partial charge >= 0.3 is 5.97 Å². The number of aliphatic hydroxyl groups is 1. The third-order valence-electron chi connectivity index (χ3n) is 3.86. The molecule has 0 aromatic rings. The Balaban J connectivity index is 4.99. The van der Waals surface area contributed by atoms with Gasteiger partial charge in [-0.15, -0.1) is 6.58 Å². The maximum Gasteiger partial charge on any atom is 0.308 e. The smallest absolute Gasteiger partial charge is 0.308 e. The zero-order chi connectivity index (χ0) is 17.8. The number of ether oxygens (including phenoxy) is 1. The highest BCUT2D eigenvalue weighted by Gasteiger charge is 2.40. The van der Waals surface area contributed by atoms with E-state index in [1.165, 1.54) is 6.08 Å². The number of hydrogen-bond donors (Lipinski definition) is 1. The Hall–Kier alpha value is -0.653. The second-order valence-electron chi connectivity index (χ2n) is 8.33. The Morgan fingerprint density at radius 2 is 1.73 bits per heavy atom. The van der Waals surface area contributed by atoms with E-state index in [2.05, 4.69) is 40.4 Å². The van der Waals surface area contributed by atoms with Crippen molar-refractivity contribution in [2.75, 3.05) is 0 Å². The molecule has 0 fully saturated rings. The summed E-state index contributed by atoms with van der Waals surface area (Å²) >= 11 is 0. The van der Waals surface area contributed by atoms with E-state index in [0.717, 1.165) is 0 Å². The summed E-state index contributed by atoms with van der Waals surface area (Å²) in [7, 11) is -2.03. The zero-order valence-corrected chi connectivity index (χ0v) is 16.5. The fourth-order valence-corrected chi connectivity index (χ4v) is 3.07. The molecule has 0 aliphatic rings. The minimum atomic E-state index is -2.03. The van der Waals surface area contributed by atoms with Crippen LogP contribution in [0.25, 0.3) is 0 Å². The van der Waals surface area contributed by atoms with Gasteiger partial charge in [0.05, 0.1) is 18.6 Å². The largest absolute Gasteiger partial charge is 0.460 e. The monoisotopic (exact) mass is 330 g/mol. The van der Waals surface area contributed by atoms with Gasteiger partial charge in [0.15, 0.2) is 8.32 Å². The van der Waals surface area contributed by atoms with E-state index in [-0.39, 0.29) is 23.5 Å². The first kappa shape index (κ1) is 21.3. The summed E-state index contributed by atoms with van der Waals surface area (Å²) in [5.74, 6) is -0.299. The lowest BCUT2D eigenvalue weighted by molar-refractivity contribution is -0.157. The molecule has 0 bridgehead atoms. The molecule has 0 saturated carbocycles. The summed E-state index contributed by atoms with van der Waals surface area (Å²) in [5.41, 5.74) is -0.518. The second kappa shape index (κ2) is 7.75. The van der Waals surface area contributed by atoms with Crippen molar-refractivity contribution in [1.29, 1.82) is 0 Å². The average Bonchev–Trinajstić information content (AvgIpc) is 2.23. The lowest BCUT2D eigenvalue weighted by atomic mass is 10.1. The molecule has 0 aromatic carbocycles. The maximum absolute atomic E-state index is 12.1. The van der Waals surface area contributed by atoms with Crippen LogP contribution in [-0.2, 0) is 14.0 Å². The Labute approximate surface area is 137 Å². The van der Waals surface area contributed by atoms with E-state index in [1.807, 2.05) is 20.8 Å². The lowest BCUT2D eigenvalue weighted by Crippen LogP contribution is -2.45. The van der Waals surface area contributed by atoms with E-state index in [4.69, 9.17) is 9.16 Å². The molecule has 0 heterocycles. The fraction of sp³-hybridized carbons (Fsp3) is 0.824. The van der Waals surface area contributed by atoms with Crippen molar-refractivity contribution in [3.63, 3.8) is 0 Å². The number of hydrogen-bond acceptors (Lipinski definition) is 4. The van der Waals surface area contributed by atoms with Gasteiger partial charge in [-0.1, -0.05) is 26.8 Å². The normalized spacial score (nSPS) is 16.0. The van der Waals surface area contributed by atoms with Gasteiger partial charge in [-0.3, -0.25) is 4.79 Å². The molecule has 0 aromatic heterocycles. The van der Waals surface area contributed by atoms with Crippen LogP contribution in [0, 0.1) is 0 Å². The number of rotatable bonds is 7. The van der Waals surface area contributed by atoms with Crippen molar-refractivity contribution in [2.45, 2.75) is 90.3 Å². The van der Waals surface area contributed by atoms with Gasteiger partial charge in [0.1, 0.15) is 5.60 Å². The molecule has 0 aliphatic heterocycles. The first-order chi connectivity index (χ1) is 9.68. The zero-order valence-electron chi connectivity index (χ0n) is 15.5. The maximum atomic E-state index is 12.1. The predicted octanol–water partition coefficient (Wildman–Crippen LogP) is 4.05. The van der Waals surface area contributed by atoms with Crippen LogP contribution < -0.4 is 0 Å². The molecular weight excluding hydrogens is 296 g/mol. The molecule has 1 N–H and O–H groups in total. The molecule has 0 aliphatic carbocycles. The van der Waals surface area contributed by atoms with Gasteiger partial charge < -0.3 is 14.3 Å². The van der Waals surface area contributed by atoms with Gasteiger partial charge in [-0.2, -0.15) is 0 Å². The van der Waals surface area contributed by atoms with E-state index in [1.54, 1.807) is 0 Å². The quantitative estimate of drug-likeness (QED) is 0.435. The molecule has 5 heteroatoms. The van der Waals surface area contributed by atoms with E-state index < -0.39 is 20.0 Å². The predicted molar refractivity (Wildman–Crippen MR) is 93.4 cm³/mol. The van der Waals surface area contributed by atoms with E-state index in [0.29, 0.717) is 6.42 Å². The topological polar surface area (TPSA) is 55.8 Å². The van der Waals surface area contributed by atoms with Crippen LogP contribution in [0.4, 0.5) is 0 Å². The minimum absolute atomic E-state index is 0.0400. The highest BCUT2D eigenvalue weighted by Crippen LogP contribution is 2.38. The van der Waals surface area contributed by atoms with Gasteiger partial charge in [0.2, 0.25) is 0 Å². The summed E-state index contributed by atoms with van der Waals surface area (Å²) < 4.78 is 11.7. The molecule has 130 valence electrons. The summed E-state index contributed by atoms with van der Waals surface area (Å²) in [6, 6.07) is 0. The first-order valence-electron chi connectivity index (χ1n) is 7.88. The number of aliphatic hydroxyl groups excluding tert-OH is 1. The highest BCUT2D eigenvalue weighted by atomic mass is 28.4. The Morgan fingerprint density at radius 3 is 2.09 bits per heavy atom. The summed E-state index contributed by atoms with van der Waals surface area (Å²) in [6.07, 6.45) is 0.932. The van der Waals surface area contributed by atoms with Crippen LogP contribution >= 0.6 is 0 Å². The molecule has 0 rings (SSSR count). The van der Waals surface area contributed by atoms with Crippen molar-refractivity contribution in [2.24, 2.45) is 0 Å². The molecule has 0 amide bonds. The summed E-state index contributed by atoms with van der Waals surface area (Å²) in [6.45, 7) is 19.8. The Bertz CT molecular complexity index is 377.